The van der Waals surface area contributed by atoms with Crippen molar-refractivity contribution in [2.45, 2.75) is 39.0 Å². The monoisotopic (exact) mass is 211 g/mol. The number of rotatable bonds is 6. The van der Waals surface area contributed by atoms with Crippen LogP contribution in [-0.2, 0) is 4.74 Å². The molecule has 1 spiro atoms. The molecule has 88 valence electrons. The van der Waals surface area contributed by atoms with E-state index >= 15 is 0 Å². The fourth-order valence-corrected chi connectivity index (χ4v) is 3.71. The Morgan fingerprint density at radius 3 is 3.00 bits per heavy atom. The van der Waals surface area contributed by atoms with Crippen LogP contribution in [-0.4, -0.2) is 26.8 Å². The second-order valence-electron chi connectivity index (χ2n) is 5.33. The van der Waals surface area contributed by atoms with E-state index in [9.17, 15) is 0 Å². The number of ether oxygens (including phenoxy) is 1. The van der Waals surface area contributed by atoms with Crippen molar-refractivity contribution >= 4 is 0 Å². The molecule has 2 fully saturated rings. The summed E-state index contributed by atoms with van der Waals surface area (Å²) in [5.74, 6) is 2.01. The fraction of sp³-hybridized carbons (Fsp3) is 1.00. The molecule has 0 aliphatic heterocycles. The summed E-state index contributed by atoms with van der Waals surface area (Å²) in [5.41, 5.74) is 0.773. The van der Waals surface area contributed by atoms with E-state index in [-0.39, 0.29) is 0 Å². The third kappa shape index (κ3) is 2.21. The van der Waals surface area contributed by atoms with Gasteiger partial charge >= 0.3 is 0 Å². The zero-order chi connectivity index (χ0) is 10.7. The van der Waals surface area contributed by atoms with Gasteiger partial charge in [-0.1, -0.05) is 19.8 Å². The van der Waals surface area contributed by atoms with Gasteiger partial charge in [-0.05, 0) is 43.1 Å². The Bertz CT molecular complexity index is 207. The normalized spacial score (nSPS) is 38.8. The van der Waals surface area contributed by atoms with Gasteiger partial charge in [-0.25, -0.2) is 0 Å². The summed E-state index contributed by atoms with van der Waals surface area (Å²) in [6, 6.07) is 0. The number of hydrogen-bond donors (Lipinski definition) is 1. The zero-order valence-electron chi connectivity index (χ0n) is 10.2. The van der Waals surface area contributed by atoms with Gasteiger partial charge in [0.05, 0.1) is 6.61 Å². The molecule has 2 saturated carbocycles. The summed E-state index contributed by atoms with van der Waals surface area (Å²) in [4.78, 5) is 0. The highest BCUT2D eigenvalue weighted by molar-refractivity contribution is 5.09. The second kappa shape index (κ2) is 4.84. The smallest absolute Gasteiger partial charge is 0.0587 e. The molecular formula is C13H25NO. The molecule has 2 aliphatic carbocycles. The summed E-state index contributed by atoms with van der Waals surface area (Å²) in [6.45, 7) is 5.45. The minimum Gasteiger partial charge on any atom is -0.383 e. The quantitative estimate of drug-likeness (QED) is 0.681. The van der Waals surface area contributed by atoms with Crippen LogP contribution in [0.1, 0.15) is 39.0 Å². The molecule has 2 rings (SSSR count). The van der Waals surface area contributed by atoms with E-state index in [1.54, 1.807) is 7.11 Å². The Balaban J connectivity index is 1.69. The van der Waals surface area contributed by atoms with Gasteiger partial charge in [0.1, 0.15) is 0 Å². The minimum atomic E-state index is 0.773. The number of hydrogen-bond acceptors (Lipinski definition) is 2. The predicted molar refractivity (Wildman–Crippen MR) is 62.9 cm³/mol. The maximum atomic E-state index is 5.04. The van der Waals surface area contributed by atoms with E-state index in [1.165, 1.54) is 38.6 Å². The van der Waals surface area contributed by atoms with Crippen LogP contribution in [0.5, 0.6) is 0 Å². The molecule has 15 heavy (non-hydrogen) atoms. The molecule has 0 amide bonds. The Kier molecular flexibility index (Phi) is 3.68. The average molecular weight is 211 g/mol. The van der Waals surface area contributed by atoms with Gasteiger partial charge in [-0.2, -0.15) is 0 Å². The first-order chi connectivity index (χ1) is 7.33. The van der Waals surface area contributed by atoms with Gasteiger partial charge in [-0.3, -0.25) is 0 Å². The van der Waals surface area contributed by atoms with E-state index < -0.39 is 0 Å². The summed E-state index contributed by atoms with van der Waals surface area (Å²) in [5, 5.41) is 3.52. The van der Waals surface area contributed by atoms with Crippen LogP contribution in [0.4, 0.5) is 0 Å². The highest BCUT2D eigenvalue weighted by Gasteiger charge is 2.58. The Labute approximate surface area is 93.8 Å². The molecule has 1 N–H and O–H groups in total. The molecule has 0 saturated heterocycles. The maximum Gasteiger partial charge on any atom is 0.0587 e. The van der Waals surface area contributed by atoms with E-state index in [2.05, 4.69) is 12.2 Å². The molecule has 2 aliphatic rings. The lowest BCUT2D eigenvalue weighted by atomic mass is 9.88. The van der Waals surface area contributed by atoms with Crippen molar-refractivity contribution in [2.75, 3.05) is 26.8 Å². The van der Waals surface area contributed by atoms with Crippen molar-refractivity contribution in [3.8, 4) is 0 Å². The van der Waals surface area contributed by atoms with Crippen molar-refractivity contribution in [1.29, 1.82) is 0 Å². The summed E-state index contributed by atoms with van der Waals surface area (Å²) in [6.07, 6.45) is 7.36. The predicted octanol–water partition coefficient (Wildman–Crippen LogP) is 2.44. The Morgan fingerprint density at radius 1 is 1.40 bits per heavy atom. The van der Waals surface area contributed by atoms with Gasteiger partial charge in [0.2, 0.25) is 0 Å². The van der Waals surface area contributed by atoms with Crippen LogP contribution in [0.25, 0.3) is 0 Å². The lowest BCUT2D eigenvalue weighted by Crippen LogP contribution is -2.24. The Morgan fingerprint density at radius 2 is 2.27 bits per heavy atom. The van der Waals surface area contributed by atoms with Gasteiger partial charge < -0.3 is 10.1 Å². The Hall–Kier alpha value is -0.0800. The lowest BCUT2D eigenvalue weighted by molar-refractivity contribution is 0.198. The first-order valence-corrected chi connectivity index (χ1v) is 6.53. The maximum absolute atomic E-state index is 5.04. The highest BCUT2D eigenvalue weighted by atomic mass is 16.5. The van der Waals surface area contributed by atoms with E-state index in [0.717, 1.165) is 30.4 Å². The van der Waals surface area contributed by atoms with E-state index in [0.29, 0.717) is 0 Å². The van der Waals surface area contributed by atoms with E-state index in [1.807, 2.05) is 0 Å². The van der Waals surface area contributed by atoms with Crippen LogP contribution < -0.4 is 5.32 Å². The van der Waals surface area contributed by atoms with Crippen LogP contribution in [0.2, 0.25) is 0 Å². The number of nitrogens with one attached hydrogen (secondary N) is 1. The first-order valence-electron chi connectivity index (χ1n) is 6.53. The molecule has 3 unspecified atom stereocenters. The molecule has 0 aromatic heterocycles. The number of methoxy groups -OCH3 is 1. The molecule has 0 radical (unpaired) electrons. The molecular weight excluding hydrogens is 186 g/mol. The molecule has 2 nitrogen and oxygen atoms in total. The van der Waals surface area contributed by atoms with Crippen molar-refractivity contribution in [3.05, 3.63) is 0 Å². The molecule has 2 heteroatoms. The van der Waals surface area contributed by atoms with Gasteiger partial charge in [0.25, 0.3) is 0 Å². The summed E-state index contributed by atoms with van der Waals surface area (Å²) in [7, 11) is 1.77. The average Bonchev–Trinajstić information content (AvgIpc) is 2.75. The van der Waals surface area contributed by atoms with Gasteiger partial charge in [0, 0.05) is 13.7 Å². The van der Waals surface area contributed by atoms with Crippen LogP contribution in [0, 0.1) is 17.3 Å². The topological polar surface area (TPSA) is 21.3 Å². The van der Waals surface area contributed by atoms with Crippen molar-refractivity contribution in [2.24, 2.45) is 17.3 Å². The molecule has 0 aromatic rings. The van der Waals surface area contributed by atoms with Crippen LogP contribution in [0.3, 0.4) is 0 Å². The summed E-state index contributed by atoms with van der Waals surface area (Å²) >= 11 is 0. The SMILES string of the molecule is CCC1CCCC12CC2CNCCOC. The van der Waals surface area contributed by atoms with Crippen molar-refractivity contribution in [1.82, 2.24) is 5.32 Å². The third-order valence-electron chi connectivity index (χ3n) is 4.65. The van der Waals surface area contributed by atoms with Crippen LogP contribution in [0.15, 0.2) is 0 Å². The zero-order valence-corrected chi connectivity index (χ0v) is 10.2. The van der Waals surface area contributed by atoms with Crippen molar-refractivity contribution < 1.29 is 4.74 Å². The minimum absolute atomic E-state index is 0.773. The van der Waals surface area contributed by atoms with Crippen LogP contribution >= 0.6 is 0 Å². The molecule has 0 heterocycles. The second-order valence-corrected chi connectivity index (χ2v) is 5.33. The van der Waals surface area contributed by atoms with Gasteiger partial charge in [-0.15, -0.1) is 0 Å². The molecule has 0 aromatic carbocycles. The highest BCUT2D eigenvalue weighted by Crippen LogP contribution is 2.66. The largest absolute Gasteiger partial charge is 0.383 e. The summed E-state index contributed by atoms with van der Waals surface area (Å²) < 4.78 is 5.04. The van der Waals surface area contributed by atoms with E-state index in [4.69, 9.17) is 4.74 Å². The molecule has 3 atom stereocenters. The third-order valence-corrected chi connectivity index (χ3v) is 4.65. The standard InChI is InChI=1S/C13H25NO/c1-3-11-5-4-6-13(11)9-12(13)10-14-7-8-15-2/h11-12,14H,3-10H2,1-2H3. The fourth-order valence-electron chi connectivity index (χ4n) is 3.71. The van der Waals surface area contributed by atoms with Crippen molar-refractivity contribution in [3.63, 3.8) is 0 Å². The van der Waals surface area contributed by atoms with Gasteiger partial charge in [0.15, 0.2) is 0 Å². The molecule has 0 bridgehead atoms. The first kappa shape index (κ1) is 11.4. The lowest BCUT2D eigenvalue weighted by Gasteiger charge is -2.18.